The monoisotopic (exact) mass is 290 g/mol. The molecule has 1 saturated heterocycles. The molecule has 21 heavy (non-hydrogen) atoms. The van der Waals surface area contributed by atoms with E-state index in [1.165, 1.54) is 50.5 Å². The van der Waals surface area contributed by atoms with Gasteiger partial charge in [0, 0.05) is 25.4 Å². The second-order valence-electron chi connectivity index (χ2n) is 6.36. The molecule has 1 saturated carbocycles. The molecule has 2 aliphatic rings. The Morgan fingerprint density at radius 3 is 3.00 bits per heavy atom. The van der Waals surface area contributed by atoms with Gasteiger partial charge in [0.1, 0.15) is 0 Å². The Morgan fingerprint density at radius 2 is 2.19 bits per heavy atom. The summed E-state index contributed by atoms with van der Waals surface area (Å²) in [5.41, 5.74) is 1.43. The van der Waals surface area contributed by atoms with Crippen LogP contribution in [-0.4, -0.2) is 30.3 Å². The van der Waals surface area contributed by atoms with Crippen molar-refractivity contribution in [2.75, 3.05) is 13.7 Å². The van der Waals surface area contributed by atoms with E-state index in [0.29, 0.717) is 12.0 Å². The van der Waals surface area contributed by atoms with Gasteiger partial charge in [0.05, 0.1) is 18.8 Å². The van der Waals surface area contributed by atoms with Gasteiger partial charge in [-0.1, -0.05) is 19.3 Å². The third-order valence-electron chi connectivity index (χ3n) is 4.81. The smallest absolute Gasteiger partial charge is 0.213 e. The minimum Gasteiger partial charge on any atom is -0.481 e. The van der Waals surface area contributed by atoms with Gasteiger partial charge in [-0.2, -0.15) is 0 Å². The van der Waals surface area contributed by atoms with Crippen LogP contribution in [0.4, 0.5) is 0 Å². The predicted octanol–water partition coefficient (Wildman–Crippen LogP) is 3.06. The molecule has 0 aromatic carbocycles. The molecule has 1 aromatic rings. The van der Waals surface area contributed by atoms with E-state index >= 15 is 0 Å². The van der Waals surface area contributed by atoms with Crippen LogP contribution in [0.1, 0.15) is 50.5 Å². The lowest BCUT2D eigenvalue weighted by Gasteiger charge is -2.33. The van der Waals surface area contributed by atoms with Crippen LogP contribution in [0.2, 0.25) is 0 Å². The molecule has 1 N–H and O–H groups in total. The molecule has 0 radical (unpaired) electrons. The van der Waals surface area contributed by atoms with E-state index in [1.807, 2.05) is 12.1 Å². The number of hydrogen-bond donors (Lipinski definition) is 1. The number of rotatable bonds is 5. The summed E-state index contributed by atoms with van der Waals surface area (Å²) in [5.74, 6) is 0.674. The molecule has 1 aliphatic carbocycles. The lowest BCUT2D eigenvalue weighted by atomic mass is 9.83. The minimum absolute atomic E-state index is 0.227. The summed E-state index contributed by atoms with van der Waals surface area (Å²) < 4.78 is 11.5. The lowest BCUT2D eigenvalue weighted by Crippen LogP contribution is -2.34. The number of ether oxygens (including phenoxy) is 2. The van der Waals surface area contributed by atoms with Crippen molar-refractivity contribution in [3.63, 3.8) is 0 Å². The highest BCUT2D eigenvalue weighted by Gasteiger charge is 2.40. The molecule has 1 aromatic heterocycles. The highest BCUT2D eigenvalue weighted by Crippen LogP contribution is 2.41. The summed E-state index contributed by atoms with van der Waals surface area (Å²) in [6, 6.07) is 4.00. The Balaban J connectivity index is 1.43. The number of aromatic nitrogens is 1. The van der Waals surface area contributed by atoms with Gasteiger partial charge < -0.3 is 14.8 Å². The number of nitrogens with zero attached hydrogens (tertiary/aromatic N) is 1. The zero-order valence-electron chi connectivity index (χ0n) is 12.9. The molecular weight excluding hydrogens is 264 g/mol. The number of hydrogen-bond acceptors (Lipinski definition) is 4. The summed E-state index contributed by atoms with van der Waals surface area (Å²) in [7, 11) is 1.65. The molecule has 116 valence electrons. The number of pyridine rings is 1. The van der Waals surface area contributed by atoms with Crippen LogP contribution in [0.15, 0.2) is 18.3 Å². The fraction of sp³-hybridized carbons (Fsp3) is 0.706. The molecule has 1 spiro atoms. The molecule has 4 nitrogen and oxygen atoms in total. The molecule has 1 unspecified atom stereocenters. The van der Waals surface area contributed by atoms with Crippen LogP contribution in [0.25, 0.3) is 0 Å². The zero-order chi connectivity index (χ0) is 14.5. The predicted molar refractivity (Wildman–Crippen MR) is 82.4 cm³/mol. The highest BCUT2D eigenvalue weighted by atomic mass is 16.5. The van der Waals surface area contributed by atoms with Crippen molar-refractivity contribution in [1.29, 1.82) is 0 Å². The van der Waals surface area contributed by atoms with Gasteiger partial charge in [-0.15, -0.1) is 0 Å². The molecule has 1 aliphatic heterocycles. The van der Waals surface area contributed by atoms with Crippen molar-refractivity contribution in [2.24, 2.45) is 0 Å². The largest absolute Gasteiger partial charge is 0.481 e. The molecule has 3 rings (SSSR count). The first kappa shape index (κ1) is 14.8. The SMILES string of the molecule is COc1cc(CNCC2CCC3(CCCCC3)O2)ccn1. The van der Waals surface area contributed by atoms with Crippen LogP contribution in [0, 0.1) is 0 Å². The Hall–Kier alpha value is -1.13. The average Bonchev–Trinajstić information content (AvgIpc) is 2.91. The number of methoxy groups -OCH3 is 1. The van der Waals surface area contributed by atoms with E-state index in [4.69, 9.17) is 9.47 Å². The second-order valence-corrected chi connectivity index (χ2v) is 6.36. The maximum Gasteiger partial charge on any atom is 0.213 e. The van der Waals surface area contributed by atoms with Gasteiger partial charge in [-0.05, 0) is 37.3 Å². The van der Waals surface area contributed by atoms with Crippen molar-refractivity contribution in [3.05, 3.63) is 23.9 Å². The molecule has 0 amide bonds. The molecule has 2 fully saturated rings. The van der Waals surface area contributed by atoms with Crippen LogP contribution < -0.4 is 10.1 Å². The first-order chi connectivity index (χ1) is 10.3. The van der Waals surface area contributed by atoms with Gasteiger partial charge in [-0.3, -0.25) is 0 Å². The fourth-order valence-corrected chi connectivity index (χ4v) is 3.65. The van der Waals surface area contributed by atoms with Crippen molar-refractivity contribution in [2.45, 2.75) is 63.2 Å². The number of nitrogens with one attached hydrogen (secondary N) is 1. The normalized spacial score (nSPS) is 24.3. The van der Waals surface area contributed by atoms with Crippen molar-refractivity contribution < 1.29 is 9.47 Å². The van der Waals surface area contributed by atoms with Crippen LogP contribution >= 0.6 is 0 Å². The Labute approximate surface area is 127 Å². The molecular formula is C17H26N2O2. The Kier molecular flexibility index (Phi) is 4.76. The van der Waals surface area contributed by atoms with E-state index in [1.54, 1.807) is 13.3 Å². The second kappa shape index (κ2) is 6.75. The maximum absolute atomic E-state index is 6.37. The molecule has 0 bridgehead atoms. The van der Waals surface area contributed by atoms with E-state index < -0.39 is 0 Å². The van der Waals surface area contributed by atoms with Crippen molar-refractivity contribution in [3.8, 4) is 5.88 Å². The van der Waals surface area contributed by atoms with Crippen LogP contribution in [0.3, 0.4) is 0 Å². The fourth-order valence-electron chi connectivity index (χ4n) is 3.65. The summed E-state index contributed by atoms with van der Waals surface area (Å²) in [6.07, 6.45) is 11.2. The summed E-state index contributed by atoms with van der Waals surface area (Å²) in [6.45, 7) is 1.78. The minimum atomic E-state index is 0.227. The van der Waals surface area contributed by atoms with Gasteiger partial charge in [0.2, 0.25) is 5.88 Å². The molecule has 4 heteroatoms. The highest BCUT2D eigenvalue weighted by molar-refractivity contribution is 5.20. The Bertz CT molecular complexity index is 458. The quantitative estimate of drug-likeness (QED) is 0.905. The summed E-state index contributed by atoms with van der Waals surface area (Å²) in [5, 5.41) is 3.51. The standard InChI is InChI=1S/C17H26N2O2/c1-20-16-11-14(6-10-19-16)12-18-13-15-5-9-17(21-15)7-3-2-4-8-17/h6,10-11,15,18H,2-5,7-9,12-13H2,1H3. The van der Waals surface area contributed by atoms with Crippen molar-refractivity contribution >= 4 is 0 Å². The van der Waals surface area contributed by atoms with Crippen LogP contribution in [-0.2, 0) is 11.3 Å². The van der Waals surface area contributed by atoms with Crippen molar-refractivity contribution in [1.82, 2.24) is 10.3 Å². The first-order valence-corrected chi connectivity index (χ1v) is 8.17. The van der Waals surface area contributed by atoms with Crippen LogP contribution in [0.5, 0.6) is 5.88 Å². The van der Waals surface area contributed by atoms with E-state index in [0.717, 1.165) is 13.1 Å². The third-order valence-corrected chi connectivity index (χ3v) is 4.81. The van der Waals surface area contributed by atoms with Gasteiger partial charge in [0.25, 0.3) is 0 Å². The topological polar surface area (TPSA) is 43.4 Å². The summed E-state index contributed by atoms with van der Waals surface area (Å²) in [4.78, 5) is 4.13. The lowest BCUT2D eigenvalue weighted by molar-refractivity contribution is -0.0624. The van der Waals surface area contributed by atoms with E-state index in [2.05, 4.69) is 10.3 Å². The van der Waals surface area contributed by atoms with Gasteiger partial charge in [-0.25, -0.2) is 4.98 Å². The maximum atomic E-state index is 6.37. The Morgan fingerprint density at radius 1 is 1.33 bits per heavy atom. The van der Waals surface area contributed by atoms with Gasteiger partial charge >= 0.3 is 0 Å². The zero-order valence-corrected chi connectivity index (χ0v) is 12.9. The third kappa shape index (κ3) is 3.74. The first-order valence-electron chi connectivity index (χ1n) is 8.17. The molecule has 1 atom stereocenters. The van der Waals surface area contributed by atoms with Gasteiger partial charge in [0.15, 0.2) is 0 Å². The van der Waals surface area contributed by atoms with E-state index in [-0.39, 0.29) is 5.60 Å². The average molecular weight is 290 g/mol. The summed E-state index contributed by atoms with van der Waals surface area (Å²) >= 11 is 0. The van der Waals surface area contributed by atoms with E-state index in [9.17, 15) is 0 Å². The molecule has 2 heterocycles.